The van der Waals surface area contributed by atoms with Crippen LogP contribution in [-0.2, 0) is 4.74 Å². The molecule has 1 unspecified atom stereocenters. The summed E-state index contributed by atoms with van der Waals surface area (Å²) in [5, 5.41) is 2.00. The van der Waals surface area contributed by atoms with Crippen LogP contribution in [0, 0.1) is 13.8 Å². The first-order valence-corrected chi connectivity index (χ1v) is 5.50. The van der Waals surface area contributed by atoms with Crippen LogP contribution in [0.15, 0.2) is 16.5 Å². The van der Waals surface area contributed by atoms with E-state index in [0.717, 1.165) is 27.4 Å². The van der Waals surface area contributed by atoms with E-state index in [1.54, 1.807) is 6.07 Å². The molecule has 0 radical (unpaired) electrons. The van der Waals surface area contributed by atoms with E-state index in [9.17, 15) is 4.79 Å². The van der Waals surface area contributed by atoms with Crippen LogP contribution >= 0.6 is 9.24 Å². The number of hydrogen-bond acceptors (Lipinski definition) is 3. The van der Waals surface area contributed by atoms with Crippen molar-refractivity contribution in [2.45, 2.75) is 13.8 Å². The maximum absolute atomic E-state index is 11.4. The topological polar surface area (TPSA) is 39.4 Å². The Kier molecular flexibility index (Phi) is 2.73. The van der Waals surface area contributed by atoms with Crippen molar-refractivity contribution in [3.63, 3.8) is 0 Å². The molecular weight excluding hydrogens is 223 g/mol. The molecule has 0 saturated carbocycles. The van der Waals surface area contributed by atoms with E-state index in [0.29, 0.717) is 0 Å². The maximum atomic E-state index is 11.4. The fourth-order valence-electron chi connectivity index (χ4n) is 1.77. The molecule has 0 aliphatic carbocycles. The highest BCUT2D eigenvalue weighted by atomic mass is 31.0. The summed E-state index contributed by atoms with van der Waals surface area (Å²) in [5.41, 5.74) is 2.93. The molecule has 2 aromatic rings. The molecule has 3 nitrogen and oxygen atoms in total. The van der Waals surface area contributed by atoms with Gasteiger partial charge in [-0.25, -0.2) is 4.79 Å². The second kappa shape index (κ2) is 3.91. The Balaban J connectivity index is 2.74. The van der Waals surface area contributed by atoms with Crippen molar-refractivity contribution in [2.24, 2.45) is 0 Å². The Bertz CT molecular complexity index is 569. The predicted octanol–water partition coefficient (Wildman–Crippen LogP) is 2.34. The van der Waals surface area contributed by atoms with Crippen molar-refractivity contribution in [3.05, 3.63) is 29.0 Å². The van der Waals surface area contributed by atoms with Gasteiger partial charge in [-0.05, 0) is 36.3 Å². The van der Waals surface area contributed by atoms with Crippen LogP contribution in [0.2, 0.25) is 0 Å². The van der Waals surface area contributed by atoms with Gasteiger partial charge in [0.15, 0.2) is 0 Å². The van der Waals surface area contributed by atoms with Crippen molar-refractivity contribution in [1.82, 2.24) is 0 Å². The normalized spacial score (nSPS) is 10.8. The molecule has 4 heteroatoms. The quantitative estimate of drug-likeness (QED) is 0.563. The molecule has 0 aliphatic heterocycles. The summed E-state index contributed by atoms with van der Waals surface area (Å²) < 4.78 is 10.1. The average molecular weight is 236 g/mol. The smallest absolute Gasteiger partial charge is 0.373 e. The maximum Gasteiger partial charge on any atom is 0.373 e. The summed E-state index contributed by atoms with van der Waals surface area (Å²) in [5.74, 6) is -0.201. The SMILES string of the molecule is COC(=O)c1cc2c(P)c(C)cc(C)c2o1. The van der Waals surface area contributed by atoms with E-state index >= 15 is 0 Å². The molecule has 0 amide bonds. The molecule has 1 aromatic carbocycles. The molecule has 16 heavy (non-hydrogen) atoms. The molecule has 1 atom stereocenters. The van der Waals surface area contributed by atoms with E-state index in [1.165, 1.54) is 7.11 Å². The fraction of sp³-hybridized carbons (Fsp3) is 0.250. The number of methoxy groups -OCH3 is 1. The van der Waals surface area contributed by atoms with Crippen LogP contribution in [0.25, 0.3) is 11.0 Å². The summed E-state index contributed by atoms with van der Waals surface area (Å²) >= 11 is 0. The monoisotopic (exact) mass is 236 g/mol. The predicted molar refractivity (Wildman–Crippen MR) is 66.4 cm³/mol. The molecule has 1 aromatic heterocycles. The highest BCUT2D eigenvalue weighted by Gasteiger charge is 2.15. The van der Waals surface area contributed by atoms with Crippen LogP contribution in [-0.4, -0.2) is 13.1 Å². The van der Waals surface area contributed by atoms with E-state index in [-0.39, 0.29) is 5.76 Å². The lowest BCUT2D eigenvalue weighted by atomic mass is 10.1. The van der Waals surface area contributed by atoms with Crippen molar-refractivity contribution in [1.29, 1.82) is 0 Å². The van der Waals surface area contributed by atoms with Gasteiger partial charge in [0.25, 0.3) is 0 Å². The van der Waals surface area contributed by atoms with Gasteiger partial charge in [0.1, 0.15) is 5.58 Å². The number of fused-ring (bicyclic) bond motifs is 1. The standard InChI is InChI=1S/C12H13O3P/c1-6-4-7(2)11(16)8-5-9(12(13)14-3)15-10(6)8/h4-5H,16H2,1-3H3. The second-order valence-corrected chi connectivity index (χ2v) is 4.35. The van der Waals surface area contributed by atoms with E-state index in [1.807, 2.05) is 19.9 Å². The van der Waals surface area contributed by atoms with Crippen LogP contribution < -0.4 is 5.30 Å². The first kappa shape index (κ1) is 11.2. The Labute approximate surface area is 96.0 Å². The Morgan fingerprint density at radius 1 is 1.31 bits per heavy atom. The van der Waals surface area contributed by atoms with Gasteiger partial charge in [0.05, 0.1) is 7.11 Å². The summed E-state index contributed by atoms with van der Waals surface area (Å²) in [7, 11) is 4.02. The van der Waals surface area contributed by atoms with Gasteiger partial charge >= 0.3 is 5.97 Å². The molecule has 2 rings (SSSR count). The van der Waals surface area contributed by atoms with Gasteiger partial charge in [-0.1, -0.05) is 6.07 Å². The third-order valence-electron chi connectivity index (χ3n) is 2.62. The summed E-state index contributed by atoms with van der Waals surface area (Å²) in [4.78, 5) is 11.4. The number of aryl methyl sites for hydroxylation is 2. The molecular formula is C12H13O3P. The number of ether oxygens (including phenoxy) is 1. The number of hydrogen-bond donors (Lipinski definition) is 0. The van der Waals surface area contributed by atoms with Gasteiger partial charge in [-0.3, -0.25) is 0 Å². The Morgan fingerprint density at radius 3 is 2.62 bits per heavy atom. The number of carbonyl (C=O) groups is 1. The molecule has 1 heterocycles. The molecule has 0 bridgehead atoms. The van der Waals surface area contributed by atoms with Gasteiger partial charge in [0.2, 0.25) is 5.76 Å². The lowest BCUT2D eigenvalue weighted by molar-refractivity contribution is 0.0567. The van der Waals surface area contributed by atoms with Crippen LogP contribution in [0.5, 0.6) is 0 Å². The van der Waals surface area contributed by atoms with Gasteiger partial charge in [0, 0.05) is 5.39 Å². The molecule has 0 N–H and O–H groups in total. The minimum Gasteiger partial charge on any atom is -0.463 e. The lowest BCUT2D eigenvalue weighted by Gasteiger charge is -2.02. The third-order valence-corrected chi connectivity index (χ3v) is 3.39. The summed E-state index contributed by atoms with van der Waals surface area (Å²) in [6.07, 6.45) is 0. The molecule has 84 valence electrons. The molecule has 0 spiro atoms. The molecule has 0 fully saturated rings. The number of furan rings is 1. The zero-order chi connectivity index (χ0) is 11.9. The number of benzene rings is 1. The van der Waals surface area contributed by atoms with Gasteiger partial charge in [-0.2, -0.15) is 0 Å². The minimum absolute atomic E-state index is 0.245. The van der Waals surface area contributed by atoms with E-state index in [2.05, 4.69) is 14.0 Å². The van der Waals surface area contributed by atoms with Crippen LogP contribution in [0.1, 0.15) is 21.7 Å². The Morgan fingerprint density at radius 2 is 2.00 bits per heavy atom. The minimum atomic E-state index is -0.447. The van der Waals surface area contributed by atoms with Crippen molar-refractivity contribution in [3.8, 4) is 0 Å². The zero-order valence-corrected chi connectivity index (χ0v) is 10.6. The van der Waals surface area contributed by atoms with Crippen LogP contribution in [0.4, 0.5) is 0 Å². The first-order chi connectivity index (χ1) is 7.54. The lowest BCUT2D eigenvalue weighted by Crippen LogP contribution is -1.99. The highest BCUT2D eigenvalue weighted by molar-refractivity contribution is 7.28. The number of carbonyl (C=O) groups excluding carboxylic acids is 1. The van der Waals surface area contributed by atoms with E-state index in [4.69, 9.17) is 4.42 Å². The zero-order valence-electron chi connectivity index (χ0n) is 9.46. The summed E-state index contributed by atoms with van der Waals surface area (Å²) in [6, 6.07) is 3.76. The largest absolute Gasteiger partial charge is 0.463 e. The van der Waals surface area contributed by atoms with Crippen molar-refractivity contribution in [2.75, 3.05) is 7.11 Å². The second-order valence-electron chi connectivity index (χ2n) is 3.77. The van der Waals surface area contributed by atoms with Crippen molar-refractivity contribution >= 4 is 31.5 Å². The Hall–Kier alpha value is -1.34. The highest BCUT2D eigenvalue weighted by Crippen LogP contribution is 2.24. The van der Waals surface area contributed by atoms with Crippen molar-refractivity contribution < 1.29 is 13.9 Å². The number of esters is 1. The molecule has 0 saturated heterocycles. The average Bonchev–Trinajstić information content (AvgIpc) is 2.70. The molecule has 0 aliphatic rings. The van der Waals surface area contributed by atoms with Crippen LogP contribution in [0.3, 0.4) is 0 Å². The first-order valence-electron chi connectivity index (χ1n) is 4.92. The number of rotatable bonds is 1. The van der Waals surface area contributed by atoms with E-state index < -0.39 is 5.97 Å². The van der Waals surface area contributed by atoms with Gasteiger partial charge in [-0.15, -0.1) is 9.24 Å². The third kappa shape index (κ3) is 1.61. The fourth-order valence-corrected chi connectivity index (χ4v) is 2.06. The van der Waals surface area contributed by atoms with Gasteiger partial charge < -0.3 is 9.15 Å². The summed E-state index contributed by atoms with van der Waals surface area (Å²) in [6.45, 7) is 3.99.